The Bertz CT molecular complexity index is 3700. The lowest BCUT2D eigenvalue weighted by Gasteiger charge is -2.31. The summed E-state index contributed by atoms with van der Waals surface area (Å²) in [7, 11) is 0. The average molecular weight is 903 g/mol. The molecule has 2 aliphatic rings. The molecule has 0 amide bonds. The van der Waals surface area contributed by atoms with Crippen LogP contribution in [0.5, 0.6) is 0 Å². The second-order valence-corrected chi connectivity index (χ2v) is 18.9. The summed E-state index contributed by atoms with van der Waals surface area (Å²) in [6.07, 6.45) is 0. The molecule has 0 unspecified atom stereocenters. The zero-order valence-corrected chi connectivity index (χ0v) is 39.0. The summed E-state index contributed by atoms with van der Waals surface area (Å²) in [4.78, 5) is 4.76. The molecule has 0 radical (unpaired) electrons. The molecule has 0 saturated carbocycles. The maximum Gasteiger partial charge on any atom is 0.0725 e. The number of rotatable bonds is 8. The molecule has 71 heavy (non-hydrogen) atoms. The van der Waals surface area contributed by atoms with Crippen molar-refractivity contribution in [1.82, 2.24) is 0 Å². The molecule has 12 aromatic carbocycles. The van der Waals surface area contributed by atoms with E-state index in [4.69, 9.17) is 0 Å². The minimum atomic E-state index is -0.523. The van der Waals surface area contributed by atoms with Gasteiger partial charge >= 0.3 is 0 Å². The Morgan fingerprint density at radius 1 is 0.197 bits per heavy atom. The van der Waals surface area contributed by atoms with Gasteiger partial charge in [-0.1, -0.05) is 182 Å². The zero-order valence-electron chi connectivity index (χ0n) is 39.0. The van der Waals surface area contributed by atoms with E-state index in [1.54, 1.807) is 0 Å². The summed E-state index contributed by atoms with van der Waals surface area (Å²) in [5.41, 5.74) is 21.5. The first-order valence-corrected chi connectivity index (χ1v) is 24.6. The summed E-state index contributed by atoms with van der Waals surface area (Å²) < 4.78 is 0. The first-order valence-electron chi connectivity index (χ1n) is 24.6. The first kappa shape index (κ1) is 40.8. The monoisotopic (exact) mass is 902 g/mol. The number of benzene rings is 12. The van der Waals surface area contributed by atoms with Crippen molar-refractivity contribution >= 4 is 55.7 Å². The van der Waals surface area contributed by atoms with Crippen molar-refractivity contribution in [2.24, 2.45) is 0 Å². The Balaban J connectivity index is 0.946. The van der Waals surface area contributed by atoms with Crippen LogP contribution < -0.4 is 9.80 Å². The van der Waals surface area contributed by atoms with E-state index in [1.807, 2.05) is 0 Å². The summed E-state index contributed by atoms with van der Waals surface area (Å²) in [5, 5.41) is 4.85. The van der Waals surface area contributed by atoms with E-state index in [0.717, 1.165) is 34.1 Å². The molecule has 0 atom stereocenters. The minimum absolute atomic E-state index is 0.523. The van der Waals surface area contributed by atoms with Gasteiger partial charge in [-0.15, -0.1) is 0 Å². The van der Waals surface area contributed by atoms with E-state index < -0.39 is 5.41 Å². The van der Waals surface area contributed by atoms with Crippen molar-refractivity contribution in [3.8, 4) is 44.5 Å². The quantitative estimate of drug-likeness (QED) is 0.150. The Morgan fingerprint density at radius 3 is 0.930 bits per heavy atom. The Morgan fingerprint density at radius 2 is 0.521 bits per heavy atom. The molecule has 2 nitrogen and oxygen atoms in total. The summed E-state index contributed by atoms with van der Waals surface area (Å²) in [5.74, 6) is 0. The first-order chi connectivity index (χ1) is 35.2. The average Bonchev–Trinajstić information content (AvgIpc) is 3.89. The highest BCUT2D eigenvalue weighted by molar-refractivity contribution is 6.04. The standard InChI is InChI=1S/C69H46N2/c1-5-17-47(18-6-1)49-29-35-57(36-30-49)70(55-21-9-3-10-22-55)59-39-33-51-43-63-64-44-52-34-40-60(71(56-23-11-4-12-24-56)58-37-31-50(32-38-58)48-19-7-2-8-20-48)42-54(52)46-68(64)69(67(63)45-53(51)41-59)65-27-15-13-25-61(65)62-26-14-16-28-66(62)69/h1-46H. The van der Waals surface area contributed by atoms with Crippen molar-refractivity contribution in [1.29, 1.82) is 0 Å². The third-order valence-corrected chi connectivity index (χ3v) is 15.0. The van der Waals surface area contributed by atoms with Crippen LogP contribution in [0.15, 0.2) is 279 Å². The van der Waals surface area contributed by atoms with Crippen LogP contribution in [0.25, 0.3) is 66.1 Å². The van der Waals surface area contributed by atoms with Gasteiger partial charge in [0.25, 0.3) is 0 Å². The fraction of sp³-hybridized carbons (Fsp3) is 0.0145. The predicted octanol–water partition coefficient (Wildman–Crippen LogP) is 18.6. The van der Waals surface area contributed by atoms with Gasteiger partial charge in [0.15, 0.2) is 0 Å². The summed E-state index contributed by atoms with van der Waals surface area (Å²) >= 11 is 0. The number of fused-ring (bicyclic) bond motifs is 12. The van der Waals surface area contributed by atoms with E-state index in [9.17, 15) is 0 Å². The zero-order chi connectivity index (χ0) is 46.9. The van der Waals surface area contributed by atoms with Crippen LogP contribution in [0, 0.1) is 0 Å². The maximum absolute atomic E-state index is 2.51. The maximum atomic E-state index is 2.51. The molecule has 0 fully saturated rings. The van der Waals surface area contributed by atoms with E-state index in [2.05, 4.69) is 289 Å². The van der Waals surface area contributed by atoms with Crippen LogP contribution in [0.3, 0.4) is 0 Å². The van der Waals surface area contributed by atoms with Gasteiger partial charge in [-0.25, -0.2) is 0 Å². The van der Waals surface area contributed by atoms with Gasteiger partial charge in [0.2, 0.25) is 0 Å². The highest BCUT2D eigenvalue weighted by atomic mass is 15.1. The highest BCUT2D eigenvalue weighted by Gasteiger charge is 2.51. The van der Waals surface area contributed by atoms with E-state index in [-0.39, 0.29) is 0 Å². The van der Waals surface area contributed by atoms with Crippen LogP contribution in [0.4, 0.5) is 34.1 Å². The Kier molecular flexibility index (Phi) is 9.47. The van der Waals surface area contributed by atoms with Crippen molar-refractivity contribution in [3.63, 3.8) is 0 Å². The molecular weight excluding hydrogens is 857 g/mol. The van der Waals surface area contributed by atoms with Crippen LogP contribution in [0.1, 0.15) is 22.3 Å². The van der Waals surface area contributed by atoms with Gasteiger partial charge in [0.1, 0.15) is 0 Å². The smallest absolute Gasteiger partial charge is 0.0725 e. The van der Waals surface area contributed by atoms with Gasteiger partial charge in [-0.2, -0.15) is 0 Å². The van der Waals surface area contributed by atoms with Crippen molar-refractivity contribution in [2.45, 2.75) is 5.41 Å². The molecule has 2 aliphatic carbocycles. The van der Waals surface area contributed by atoms with Crippen LogP contribution in [-0.4, -0.2) is 0 Å². The van der Waals surface area contributed by atoms with Crippen LogP contribution >= 0.6 is 0 Å². The largest absolute Gasteiger partial charge is 0.310 e. The molecule has 0 aliphatic heterocycles. The molecule has 0 saturated heterocycles. The number of anilines is 6. The van der Waals surface area contributed by atoms with Crippen molar-refractivity contribution < 1.29 is 0 Å². The molecule has 0 aromatic heterocycles. The molecule has 0 heterocycles. The van der Waals surface area contributed by atoms with E-state index >= 15 is 0 Å². The van der Waals surface area contributed by atoms with Gasteiger partial charge in [0.05, 0.1) is 5.41 Å². The molecule has 0 bridgehead atoms. The highest BCUT2D eigenvalue weighted by Crippen LogP contribution is 2.64. The molecule has 0 N–H and O–H groups in total. The van der Waals surface area contributed by atoms with E-state index in [1.165, 1.54) is 88.3 Å². The fourth-order valence-corrected chi connectivity index (χ4v) is 11.8. The second kappa shape index (κ2) is 16.5. The SMILES string of the molecule is c1ccc(-c2ccc(N(c3ccccc3)c3ccc4cc5c(cc4c3)C3(c4ccccc4-c4ccccc43)c3cc4cc(N(c6ccccc6)c6ccc(-c7ccccc7)cc6)ccc4cc3-5)cc2)cc1. The molecule has 14 rings (SSSR count). The second-order valence-electron chi connectivity index (χ2n) is 18.9. The molecule has 1 spiro atoms. The number of hydrogen-bond donors (Lipinski definition) is 0. The van der Waals surface area contributed by atoms with Crippen LogP contribution in [-0.2, 0) is 5.41 Å². The van der Waals surface area contributed by atoms with Gasteiger partial charge in [-0.3, -0.25) is 0 Å². The predicted molar refractivity (Wildman–Crippen MR) is 298 cm³/mol. The lowest BCUT2D eigenvalue weighted by Crippen LogP contribution is -2.25. The number of hydrogen-bond acceptors (Lipinski definition) is 2. The lowest BCUT2D eigenvalue weighted by atomic mass is 9.70. The molecule has 12 aromatic rings. The van der Waals surface area contributed by atoms with E-state index in [0.29, 0.717) is 0 Å². The van der Waals surface area contributed by atoms with Gasteiger partial charge in [-0.05, 0) is 185 Å². The third-order valence-electron chi connectivity index (χ3n) is 15.0. The molecule has 332 valence electrons. The van der Waals surface area contributed by atoms with Crippen molar-refractivity contribution in [2.75, 3.05) is 9.80 Å². The molecular formula is C69H46N2. The van der Waals surface area contributed by atoms with Gasteiger partial charge in [0, 0.05) is 34.1 Å². The normalized spacial score (nSPS) is 12.6. The lowest BCUT2D eigenvalue weighted by molar-refractivity contribution is 0.796. The number of nitrogens with zero attached hydrogens (tertiary/aromatic N) is 2. The summed E-state index contributed by atoms with van der Waals surface area (Å²) in [6, 6.07) is 103. The third kappa shape index (κ3) is 6.57. The topological polar surface area (TPSA) is 6.48 Å². The summed E-state index contributed by atoms with van der Waals surface area (Å²) in [6.45, 7) is 0. The molecule has 2 heteroatoms. The van der Waals surface area contributed by atoms with Crippen LogP contribution in [0.2, 0.25) is 0 Å². The Hall–Kier alpha value is -9.24. The number of para-hydroxylation sites is 2. The van der Waals surface area contributed by atoms with Crippen molar-refractivity contribution in [3.05, 3.63) is 301 Å². The van der Waals surface area contributed by atoms with Gasteiger partial charge < -0.3 is 9.80 Å². The minimum Gasteiger partial charge on any atom is -0.310 e. The Labute approximate surface area is 414 Å². The fourth-order valence-electron chi connectivity index (χ4n) is 11.8.